The summed E-state index contributed by atoms with van der Waals surface area (Å²) in [6.45, 7) is 0. The van der Waals surface area contributed by atoms with E-state index in [1.54, 1.807) is 6.20 Å². The van der Waals surface area contributed by atoms with Gasteiger partial charge in [0.1, 0.15) is 0 Å². The minimum Gasteiger partial charge on any atom is -0.260 e. The molecule has 0 aliphatic carbocycles. The van der Waals surface area contributed by atoms with Crippen LogP contribution in [0, 0.1) is 0 Å². The summed E-state index contributed by atoms with van der Waals surface area (Å²) in [6, 6.07) is 14.2. The fourth-order valence-corrected chi connectivity index (χ4v) is 1.51. The molecule has 1 heterocycles. The predicted octanol–water partition coefficient (Wildman–Crippen LogP) is 3.91. The summed E-state index contributed by atoms with van der Waals surface area (Å²) >= 11 is 5.72. The average Bonchev–Trinajstić information content (AvgIpc) is 2.30. The zero-order chi connectivity index (χ0) is 9.80. The maximum Gasteiger partial charge on any atom is 0.0647 e. The topological polar surface area (TPSA) is 12.9 Å². The fraction of sp³-hybridized carbons (Fsp3) is 0.0833. The zero-order valence-corrected chi connectivity index (χ0v) is 9.63. The van der Waals surface area contributed by atoms with Crippen molar-refractivity contribution in [1.29, 1.82) is 0 Å². The molecule has 2 rings (SSSR count). The first-order valence-electron chi connectivity index (χ1n) is 4.46. The number of benzene rings is 1. The van der Waals surface area contributed by atoms with Crippen LogP contribution in [-0.2, 0) is 5.88 Å². The summed E-state index contributed by atoms with van der Waals surface area (Å²) in [7, 11) is 0. The van der Waals surface area contributed by atoms with Crippen LogP contribution in [0.3, 0.4) is 0 Å². The van der Waals surface area contributed by atoms with Gasteiger partial charge in [0.05, 0.1) is 11.6 Å². The molecule has 2 aromatic rings. The van der Waals surface area contributed by atoms with Gasteiger partial charge in [0.15, 0.2) is 0 Å². The standard InChI is InChI=1S/C12H10ClN.ClH/c13-9-12-8-11(6-7-14-12)10-4-2-1-3-5-10;/h1-8H,9H2;1H. The molecule has 3 heteroatoms. The first-order chi connectivity index (χ1) is 6.90. The van der Waals surface area contributed by atoms with E-state index in [9.17, 15) is 0 Å². The third-order valence-electron chi connectivity index (χ3n) is 2.06. The second kappa shape index (κ2) is 5.74. The Bertz CT molecular complexity index is 415. The largest absolute Gasteiger partial charge is 0.260 e. The molecule has 0 amide bonds. The molecule has 0 unspecified atom stereocenters. The molecule has 15 heavy (non-hydrogen) atoms. The minimum atomic E-state index is 0. The molecule has 78 valence electrons. The zero-order valence-electron chi connectivity index (χ0n) is 8.06. The predicted molar refractivity (Wildman–Crippen MR) is 66.5 cm³/mol. The van der Waals surface area contributed by atoms with E-state index in [2.05, 4.69) is 17.1 Å². The highest BCUT2D eigenvalue weighted by Gasteiger charge is 1.97. The summed E-state index contributed by atoms with van der Waals surface area (Å²) in [5.41, 5.74) is 3.27. The normalized spacial score (nSPS) is 9.40. The van der Waals surface area contributed by atoms with Crippen LogP contribution in [0.2, 0.25) is 0 Å². The Balaban J connectivity index is 0.00000112. The van der Waals surface area contributed by atoms with Crippen molar-refractivity contribution in [3.63, 3.8) is 0 Å². The van der Waals surface area contributed by atoms with Crippen molar-refractivity contribution in [1.82, 2.24) is 4.98 Å². The van der Waals surface area contributed by atoms with Crippen LogP contribution in [0.5, 0.6) is 0 Å². The van der Waals surface area contributed by atoms with Crippen LogP contribution in [0.15, 0.2) is 48.7 Å². The summed E-state index contributed by atoms with van der Waals surface area (Å²) in [5.74, 6) is 0.459. The smallest absolute Gasteiger partial charge is 0.0647 e. The summed E-state index contributed by atoms with van der Waals surface area (Å²) in [5, 5.41) is 0. The van der Waals surface area contributed by atoms with Gasteiger partial charge in [0.25, 0.3) is 0 Å². The molecule has 0 radical (unpaired) electrons. The number of alkyl halides is 1. The highest BCUT2D eigenvalue weighted by Crippen LogP contribution is 2.19. The number of nitrogens with zero attached hydrogens (tertiary/aromatic N) is 1. The van der Waals surface area contributed by atoms with Crippen LogP contribution in [0.1, 0.15) is 5.69 Å². The lowest BCUT2D eigenvalue weighted by Crippen LogP contribution is -1.85. The van der Waals surface area contributed by atoms with Crippen molar-refractivity contribution in [3.8, 4) is 11.1 Å². The maximum absolute atomic E-state index is 5.72. The average molecular weight is 240 g/mol. The molecule has 0 saturated carbocycles. The Labute approximate surface area is 101 Å². The Kier molecular flexibility index (Phi) is 4.60. The van der Waals surface area contributed by atoms with Crippen molar-refractivity contribution in [3.05, 3.63) is 54.4 Å². The van der Waals surface area contributed by atoms with E-state index >= 15 is 0 Å². The van der Waals surface area contributed by atoms with Gasteiger partial charge < -0.3 is 0 Å². The second-order valence-corrected chi connectivity index (χ2v) is 3.30. The van der Waals surface area contributed by atoms with Gasteiger partial charge in [-0.25, -0.2) is 0 Å². The fourth-order valence-electron chi connectivity index (χ4n) is 1.36. The highest BCUT2D eigenvalue weighted by molar-refractivity contribution is 6.16. The number of hydrogen-bond acceptors (Lipinski definition) is 1. The quantitative estimate of drug-likeness (QED) is 0.725. The molecule has 0 aliphatic rings. The number of halogens is 2. The van der Waals surface area contributed by atoms with E-state index in [0.29, 0.717) is 5.88 Å². The van der Waals surface area contributed by atoms with Gasteiger partial charge in [-0.1, -0.05) is 30.3 Å². The van der Waals surface area contributed by atoms with Gasteiger partial charge in [-0.3, -0.25) is 4.98 Å². The Morgan fingerprint density at radius 1 is 1.00 bits per heavy atom. The van der Waals surface area contributed by atoms with Crippen molar-refractivity contribution >= 4 is 24.0 Å². The first kappa shape index (κ1) is 12.0. The van der Waals surface area contributed by atoms with Crippen LogP contribution >= 0.6 is 24.0 Å². The van der Waals surface area contributed by atoms with Gasteiger partial charge in [-0.2, -0.15) is 0 Å². The summed E-state index contributed by atoms with van der Waals surface area (Å²) in [6.07, 6.45) is 1.79. The van der Waals surface area contributed by atoms with Crippen molar-refractivity contribution < 1.29 is 0 Å². The molecule has 0 spiro atoms. The van der Waals surface area contributed by atoms with Crippen molar-refractivity contribution in [2.24, 2.45) is 0 Å². The summed E-state index contributed by atoms with van der Waals surface area (Å²) in [4.78, 5) is 4.15. The molecule has 1 nitrogen and oxygen atoms in total. The molecule has 0 fully saturated rings. The Hall–Kier alpha value is -1.05. The first-order valence-corrected chi connectivity index (χ1v) is 5.00. The van der Waals surface area contributed by atoms with E-state index in [0.717, 1.165) is 11.3 Å². The summed E-state index contributed by atoms with van der Waals surface area (Å²) < 4.78 is 0. The van der Waals surface area contributed by atoms with Crippen LogP contribution in [-0.4, -0.2) is 4.98 Å². The van der Waals surface area contributed by atoms with Gasteiger partial charge >= 0.3 is 0 Å². The lowest BCUT2D eigenvalue weighted by Gasteiger charge is -2.01. The van der Waals surface area contributed by atoms with Crippen LogP contribution in [0.4, 0.5) is 0 Å². The Morgan fingerprint density at radius 3 is 2.40 bits per heavy atom. The number of aromatic nitrogens is 1. The van der Waals surface area contributed by atoms with Gasteiger partial charge in [0, 0.05) is 6.20 Å². The van der Waals surface area contributed by atoms with Gasteiger partial charge in [-0.05, 0) is 23.3 Å². The third-order valence-corrected chi connectivity index (χ3v) is 2.33. The lowest BCUT2D eigenvalue weighted by atomic mass is 10.1. The van der Waals surface area contributed by atoms with Gasteiger partial charge in [-0.15, -0.1) is 24.0 Å². The highest BCUT2D eigenvalue weighted by atomic mass is 35.5. The number of pyridine rings is 1. The molecule has 0 bridgehead atoms. The van der Waals surface area contributed by atoms with E-state index in [4.69, 9.17) is 11.6 Å². The minimum absolute atomic E-state index is 0. The van der Waals surface area contributed by atoms with Gasteiger partial charge in [0.2, 0.25) is 0 Å². The van der Waals surface area contributed by atoms with Crippen LogP contribution in [0.25, 0.3) is 11.1 Å². The maximum atomic E-state index is 5.72. The van der Waals surface area contributed by atoms with E-state index < -0.39 is 0 Å². The lowest BCUT2D eigenvalue weighted by molar-refractivity contribution is 1.17. The molecule has 0 N–H and O–H groups in total. The van der Waals surface area contributed by atoms with Crippen molar-refractivity contribution in [2.45, 2.75) is 5.88 Å². The molecular weight excluding hydrogens is 229 g/mol. The molecule has 0 atom stereocenters. The molecular formula is C12H11Cl2N. The van der Waals surface area contributed by atoms with E-state index in [-0.39, 0.29) is 12.4 Å². The van der Waals surface area contributed by atoms with E-state index in [1.807, 2.05) is 30.3 Å². The van der Waals surface area contributed by atoms with Crippen LogP contribution < -0.4 is 0 Å². The number of hydrogen-bond donors (Lipinski definition) is 0. The molecule has 1 aromatic carbocycles. The monoisotopic (exact) mass is 239 g/mol. The number of rotatable bonds is 2. The SMILES string of the molecule is Cl.ClCc1cc(-c2ccccc2)ccn1. The Morgan fingerprint density at radius 2 is 1.73 bits per heavy atom. The van der Waals surface area contributed by atoms with Crippen molar-refractivity contribution in [2.75, 3.05) is 0 Å². The molecule has 0 aliphatic heterocycles. The third kappa shape index (κ3) is 2.95. The second-order valence-electron chi connectivity index (χ2n) is 3.04. The van der Waals surface area contributed by atoms with E-state index in [1.165, 1.54) is 5.56 Å². The molecule has 1 aromatic heterocycles. The molecule has 0 saturated heterocycles.